The Kier molecular flexibility index (Phi) is 10.6. The monoisotopic (exact) mass is 395 g/mol. The molecule has 0 radical (unpaired) electrons. The predicted molar refractivity (Wildman–Crippen MR) is 115 cm³/mol. The van der Waals surface area contributed by atoms with Gasteiger partial charge in [0.1, 0.15) is 0 Å². The summed E-state index contributed by atoms with van der Waals surface area (Å²) < 4.78 is 5.59. The van der Waals surface area contributed by atoms with Gasteiger partial charge in [-0.05, 0) is 25.2 Å². The number of carbonyl (C=O) groups excluding carboxylic acids is 1. The molecule has 2 N–H and O–H groups in total. The Balaban J connectivity index is 1.52. The van der Waals surface area contributed by atoms with Crippen LogP contribution in [0.15, 0.2) is 4.99 Å². The fourth-order valence-electron chi connectivity index (χ4n) is 3.88. The summed E-state index contributed by atoms with van der Waals surface area (Å²) >= 11 is 0. The first-order valence-electron chi connectivity index (χ1n) is 11.1. The molecule has 0 aromatic heterocycles. The number of amides is 1. The zero-order chi connectivity index (χ0) is 20.2. The van der Waals surface area contributed by atoms with Gasteiger partial charge in [0.15, 0.2) is 5.96 Å². The summed E-state index contributed by atoms with van der Waals surface area (Å²) in [5.41, 5.74) is 0. The van der Waals surface area contributed by atoms with E-state index >= 15 is 0 Å². The molecule has 0 aromatic carbocycles. The van der Waals surface area contributed by atoms with Gasteiger partial charge in [0, 0.05) is 72.0 Å². The van der Waals surface area contributed by atoms with Crippen LogP contribution in [-0.2, 0) is 9.53 Å². The van der Waals surface area contributed by atoms with Crippen LogP contribution >= 0.6 is 0 Å². The van der Waals surface area contributed by atoms with Crippen molar-refractivity contribution in [1.82, 2.24) is 20.4 Å². The maximum absolute atomic E-state index is 12.5. The standard InChI is InChI=1S/C21H41N5O2/c1-18(2)17-28-16-6-9-23-21(22-3)24-10-11-25-12-14-26(15-13-25)20(27)19-7-4-5-8-19/h18-19H,4-17H2,1-3H3,(H2,22,23,24). The van der Waals surface area contributed by atoms with Gasteiger partial charge in [0.05, 0.1) is 0 Å². The van der Waals surface area contributed by atoms with Crippen LogP contribution in [0.1, 0.15) is 46.0 Å². The van der Waals surface area contributed by atoms with Crippen LogP contribution in [0.3, 0.4) is 0 Å². The third-order valence-corrected chi connectivity index (χ3v) is 5.54. The maximum atomic E-state index is 12.5. The van der Waals surface area contributed by atoms with Gasteiger partial charge in [-0.25, -0.2) is 0 Å². The van der Waals surface area contributed by atoms with Crippen molar-refractivity contribution in [3.8, 4) is 0 Å². The van der Waals surface area contributed by atoms with E-state index in [1.165, 1.54) is 12.8 Å². The van der Waals surface area contributed by atoms with Gasteiger partial charge in [0.2, 0.25) is 5.91 Å². The van der Waals surface area contributed by atoms with E-state index in [2.05, 4.69) is 39.3 Å². The van der Waals surface area contributed by atoms with Gasteiger partial charge in [-0.15, -0.1) is 0 Å². The van der Waals surface area contributed by atoms with Crippen LogP contribution in [-0.4, -0.2) is 87.7 Å². The predicted octanol–water partition coefficient (Wildman–Crippen LogP) is 1.55. The van der Waals surface area contributed by atoms with Crippen LogP contribution < -0.4 is 10.6 Å². The summed E-state index contributed by atoms with van der Waals surface area (Å²) in [4.78, 5) is 21.3. The first-order valence-corrected chi connectivity index (χ1v) is 11.1. The second kappa shape index (κ2) is 13.0. The third kappa shape index (κ3) is 8.35. The number of aliphatic imine (C=N–C) groups is 1. The molecule has 0 aromatic rings. The third-order valence-electron chi connectivity index (χ3n) is 5.54. The van der Waals surface area contributed by atoms with Crippen LogP contribution in [0.5, 0.6) is 0 Å². The Morgan fingerprint density at radius 1 is 1.11 bits per heavy atom. The molecule has 2 aliphatic rings. The van der Waals surface area contributed by atoms with Crippen molar-refractivity contribution < 1.29 is 9.53 Å². The first-order chi connectivity index (χ1) is 13.6. The maximum Gasteiger partial charge on any atom is 0.225 e. The Bertz CT molecular complexity index is 469. The van der Waals surface area contributed by atoms with Crippen molar-refractivity contribution in [2.24, 2.45) is 16.8 Å². The van der Waals surface area contributed by atoms with E-state index in [0.29, 0.717) is 17.7 Å². The van der Waals surface area contributed by atoms with Gasteiger partial charge in [-0.3, -0.25) is 14.7 Å². The smallest absolute Gasteiger partial charge is 0.225 e. The molecule has 0 bridgehead atoms. The minimum atomic E-state index is 0.304. The topological polar surface area (TPSA) is 69.2 Å². The average Bonchev–Trinajstić information content (AvgIpc) is 3.23. The van der Waals surface area contributed by atoms with E-state index in [4.69, 9.17) is 4.74 Å². The Morgan fingerprint density at radius 2 is 1.79 bits per heavy atom. The minimum Gasteiger partial charge on any atom is -0.381 e. The van der Waals surface area contributed by atoms with E-state index in [9.17, 15) is 4.79 Å². The minimum absolute atomic E-state index is 0.304. The summed E-state index contributed by atoms with van der Waals surface area (Å²) in [6, 6.07) is 0. The molecular weight excluding hydrogens is 354 g/mol. The highest BCUT2D eigenvalue weighted by Crippen LogP contribution is 2.26. The lowest BCUT2D eigenvalue weighted by molar-refractivity contribution is -0.137. The highest BCUT2D eigenvalue weighted by Gasteiger charge is 2.29. The van der Waals surface area contributed by atoms with Gasteiger partial charge in [-0.2, -0.15) is 0 Å². The fourth-order valence-corrected chi connectivity index (χ4v) is 3.88. The number of guanidine groups is 1. The molecule has 1 aliphatic heterocycles. The molecule has 1 saturated carbocycles. The van der Waals surface area contributed by atoms with Crippen LogP contribution in [0, 0.1) is 11.8 Å². The largest absolute Gasteiger partial charge is 0.381 e. The second-order valence-corrected chi connectivity index (χ2v) is 8.40. The quantitative estimate of drug-likeness (QED) is 0.334. The molecule has 1 amide bonds. The summed E-state index contributed by atoms with van der Waals surface area (Å²) in [5, 5.41) is 6.72. The second-order valence-electron chi connectivity index (χ2n) is 8.40. The molecule has 2 rings (SSSR count). The number of hydrogen-bond donors (Lipinski definition) is 2. The molecular formula is C21H41N5O2. The molecule has 0 unspecified atom stereocenters. The molecule has 1 saturated heterocycles. The lowest BCUT2D eigenvalue weighted by Crippen LogP contribution is -2.51. The SMILES string of the molecule is CN=C(NCCCOCC(C)C)NCCN1CCN(C(=O)C2CCCC2)CC1. The average molecular weight is 396 g/mol. The van der Waals surface area contributed by atoms with Crippen molar-refractivity contribution >= 4 is 11.9 Å². The number of carbonyl (C=O) groups is 1. The number of ether oxygens (including phenoxy) is 1. The van der Waals surface area contributed by atoms with E-state index in [1.807, 2.05) is 0 Å². The zero-order valence-corrected chi connectivity index (χ0v) is 18.2. The van der Waals surface area contributed by atoms with Crippen molar-refractivity contribution in [1.29, 1.82) is 0 Å². The van der Waals surface area contributed by atoms with Crippen LogP contribution in [0.2, 0.25) is 0 Å². The molecule has 28 heavy (non-hydrogen) atoms. The number of nitrogens with one attached hydrogen (secondary N) is 2. The van der Waals surface area contributed by atoms with Gasteiger partial charge in [-0.1, -0.05) is 26.7 Å². The first kappa shape index (κ1) is 22.9. The van der Waals surface area contributed by atoms with Crippen molar-refractivity contribution in [3.05, 3.63) is 0 Å². The summed E-state index contributed by atoms with van der Waals surface area (Å²) in [5.74, 6) is 2.14. The van der Waals surface area contributed by atoms with Crippen molar-refractivity contribution in [3.63, 3.8) is 0 Å². The molecule has 7 heteroatoms. The van der Waals surface area contributed by atoms with Gasteiger partial charge < -0.3 is 20.3 Å². The van der Waals surface area contributed by atoms with Gasteiger partial charge >= 0.3 is 0 Å². The summed E-state index contributed by atoms with van der Waals surface area (Å²) in [6.07, 6.45) is 5.62. The molecule has 0 spiro atoms. The molecule has 0 atom stereocenters. The van der Waals surface area contributed by atoms with Crippen LogP contribution in [0.4, 0.5) is 0 Å². The van der Waals surface area contributed by atoms with Crippen molar-refractivity contribution in [2.75, 3.05) is 66.1 Å². The van der Waals surface area contributed by atoms with Crippen LogP contribution in [0.25, 0.3) is 0 Å². The zero-order valence-electron chi connectivity index (χ0n) is 18.2. The number of piperazine rings is 1. The van der Waals surface area contributed by atoms with E-state index in [-0.39, 0.29) is 0 Å². The van der Waals surface area contributed by atoms with E-state index < -0.39 is 0 Å². The summed E-state index contributed by atoms with van der Waals surface area (Å²) in [6.45, 7) is 12.3. The number of rotatable bonds is 10. The molecule has 1 aliphatic carbocycles. The highest BCUT2D eigenvalue weighted by atomic mass is 16.5. The van der Waals surface area contributed by atoms with E-state index in [1.54, 1.807) is 7.05 Å². The molecule has 1 heterocycles. The highest BCUT2D eigenvalue weighted by molar-refractivity contribution is 5.79. The lowest BCUT2D eigenvalue weighted by Gasteiger charge is -2.36. The van der Waals surface area contributed by atoms with E-state index in [0.717, 1.165) is 84.2 Å². The Morgan fingerprint density at radius 3 is 2.43 bits per heavy atom. The Labute approximate surface area is 171 Å². The van der Waals surface area contributed by atoms with Gasteiger partial charge in [0.25, 0.3) is 0 Å². The summed E-state index contributed by atoms with van der Waals surface area (Å²) in [7, 11) is 1.80. The Hall–Kier alpha value is -1.34. The lowest BCUT2D eigenvalue weighted by atomic mass is 10.1. The number of nitrogens with zero attached hydrogens (tertiary/aromatic N) is 3. The molecule has 2 fully saturated rings. The van der Waals surface area contributed by atoms with Crippen molar-refractivity contribution in [2.45, 2.75) is 46.0 Å². The number of hydrogen-bond acceptors (Lipinski definition) is 4. The normalized spacial score (nSPS) is 19.4. The molecule has 162 valence electrons. The fraction of sp³-hybridized carbons (Fsp3) is 0.905. The molecule has 7 nitrogen and oxygen atoms in total.